The number of thiazole rings is 1. The quantitative estimate of drug-likeness (QED) is 0.277. The number of nitrogens with zero attached hydrogens (tertiary/aromatic N) is 1. The number of rotatable bonds is 8. The molecule has 174 valence electrons. The van der Waals surface area contributed by atoms with Gasteiger partial charge >= 0.3 is 5.97 Å². The maximum atomic E-state index is 12.3. The standard InChI is InChI=1S/C22H16BrN3O5S3/c23-16-4-1-3-15(11-16)18-13-33-22(24-18)25-19(27)12-31-21(28)14-6-8-17(9-7-14)26-34(29,30)20-5-2-10-32-20/h1-11,13,26H,12H2,(H,24,25,27). The van der Waals surface area contributed by atoms with Crippen molar-refractivity contribution < 1.29 is 22.7 Å². The van der Waals surface area contributed by atoms with Crippen molar-refractivity contribution in [1.29, 1.82) is 0 Å². The normalized spacial score (nSPS) is 11.1. The summed E-state index contributed by atoms with van der Waals surface area (Å²) >= 11 is 5.77. The average Bonchev–Trinajstić information content (AvgIpc) is 3.51. The van der Waals surface area contributed by atoms with Crippen LogP contribution in [0.4, 0.5) is 10.8 Å². The molecule has 0 unspecified atom stereocenters. The van der Waals surface area contributed by atoms with E-state index < -0.39 is 28.5 Å². The van der Waals surface area contributed by atoms with Gasteiger partial charge in [-0.15, -0.1) is 22.7 Å². The zero-order chi connectivity index (χ0) is 24.1. The SMILES string of the molecule is O=C(COC(=O)c1ccc(NS(=O)(=O)c2cccs2)cc1)Nc1nc(-c2cccc(Br)c2)cs1. The highest BCUT2D eigenvalue weighted by atomic mass is 79.9. The van der Waals surface area contributed by atoms with Gasteiger partial charge in [0.2, 0.25) is 0 Å². The van der Waals surface area contributed by atoms with Gasteiger partial charge in [0.15, 0.2) is 11.7 Å². The van der Waals surface area contributed by atoms with Crippen LogP contribution in [0.25, 0.3) is 11.3 Å². The maximum absolute atomic E-state index is 12.3. The summed E-state index contributed by atoms with van der Waals surface area (Å²) in [5.41, 5.74) is 2.10. The molecule has 4 rings (SSSR count). The first kappa shape index (κ1) is 24.1. The van der Waals surface area contributed by atoms with Crippen LogP contribution >= 0.6 is 38.6 Å². The van der Waals surface area contributed by atoms with Gasteiger partial charge in [0, 0.05) is 21.1 Å². The van der Waals surface area contributed by atoms with Gasteiger partial charge in [-0.05, 0) is 47.8 Å². The number of amides is 1. The molecule has 0 aliphatic carbocycles. The summed E-state index contributed by atoms with van der Waals surface area (Å²) < 4.78 is 33.1. The van der Waals surface area contributed by atoms with Crippen molar-refractivity contribution >= 4 is 71.3 Å². The smallest absolute Gasteiger partial charge is 0.338 e. The van der Waals surface area contributed by atoms with Gasteiger partial charge in [-0.3, -0.25) is 14.8 Å². The molecule has 0 fully saturated rings. The Balaban J connectivity index is 1.29. The number of nitrogens with one attached hydrogen (secondary N) is 2. The van der Waals surface area contributed by atoms with Crippen molar-refractivity contribution in [2.45, 2.75) is 4.21 Å². The molecule has 1 amide bonds. The summed E-state index contributed by atoms with van der Waals surface area (Å²) in [4.78, 5) is 28.8. The molecule has 0 saturated heterocycles. The molecular formula is C22H16BrN3O5S3. The van der Waals surface area contributed by atoms with E-state index in [9.17, 15) is 18.0 Å². The highest BCUT2D eigenvalue weighted by Gasteiger charge is 2.16. The van der Waals surface area contributed by atoms with Gasteiger partial charge < -0.3 is 4.74 Å². The number of thiophene rings is 1. The molecule has 2 heterocycles. The maximum Gasteiger partial charge on any atom is 0.338 e. The largest absolute Gasteiger partial charge is 0.452 e. The van der Waals surface area contributed by atoms with E-state index in [1.807, 2.05) is 29.6 Å². The molecule has 0 radical (unpaired) electrons. The molecule has 8 nitrogen and oxygen atoms in total. The Hall–Kier alpha value is -3.06. The van der Waals surface area contributed by atoms with Crippen molar-refractivity contribution in [3.63, 3.8) is 0 Å². The van der Waals surface area contributed by atoms with E-state index in [1.165, 1.54) is 41.7 Å². The van der Waals surface area contributed by atoms with E-state index in [-0.39, 0.29) is 9.77 Å². The molecule has 0 atom stereocenters. The minimum atomic E-state index is -3.68. The van der Waals surface area contributed by atoms with Crippen molar-refractivity contribution in [2.75, 3.05) is 16.6 Å². The molecule has 0 saturated carbocycles. The average molecular weight is 578 g/mol. The Morgan fingerprint density at radius 2 is 1.82 bits per heavy atom. The summed E-state index contributed by atoms with van der Waals surface area (Å²) in [5, 5.41) is 6.48. The van der Waals surface area contributed by atoms with Crippen LogP contribution in [-0.2, 0) is 19.6 Å². The third kappa shape index (κ3) is 6.08. The lowest BCUT2D eigenvalue weighted by Crippen LogP contribution is -2.20. The number of carbonyl (C=O) groups excluding carboxylic acids is 2. The predicted molar refractivity (Wildman–Crippen MR) is 136 cm³/mol. The molecule has 12 heteroatoms. The number of ether oxygens (including phenoxy) is 1. The Morgan fingerprint density at radius 1 is 1.03 bits per heavy atom. The molecule has 4 aromatic rings. The number of hydrogen-bond acceptors (Lipinski definition) is 8. The lowest BCUT2D eigenvalue weighted by molar-refractivity contribution is -0.119. The van der Waals surface area contributed by atoms with Gasteiger partial charge in [0.25, 0.3) is 15.9 Å². The van der Waals surface area contributed by atoms with E-state index >= 15 is 0 Å². The number of halogens is 1. The van der Waals surface area contributed by atoms with Gasteiger partial charge in [-0.1, -0.05) is 34.1 Å². The highest BCUT2D eigenvalue weighted by molar-refractivity contribution is 9.10. The van der Waals surface area contributed by atoms with E-state index in [0.717, 1.165) is 21.4 Å². The fraction of sp³-hybridized carbons (Fsp3) is 0.0455. The summed E-state index contributed by atoms with van der Waals surface area (Å²) in [6.45, 7) is -0.489. The van der Waals surface area contributed by atoms with Crippen molar-refractivity contribution in [3.8, 4) is 11.3 Å². The van der Waals surface area contributed by atoms with Crippen LogP contribution in [0.5, 0.6) is 0 Å². The highest BCUT2D eigenvalue weighted by Crippen LogP contribution is 2.27. The monoisotopic (exact) mass is 577 g/mol. The first-order valence-electron chi connectivity index (χ1n) is 9.65. The van der Waals surface area contributed by atoms with Crippen molar-refractivity contribution in [2.24, 2.45) is 0 Å². The van der Waals surface area contributed by atoms with E-state index in [4.69, 9.17) is 4.74 Å². The van der Waals surface area contributed by atoms with Gasteiger partial charge in [0.05, 0.1) is 11.3 Å². The number of benzene rings is 2. The summed E-state index contributed by atoms with van der Waals surface area (Å²) in [6.07, 6.45) is 0. The molecular weight excluding hydrogens is 562 g/mol. The van der Waals surface area contributed by atoms with E-state index in [2.05, 4.69) is 31.0 Å². The fourth-order valence-corrected chi connectivity index (χ4v) is 5.96. The number of carbonyl (C=O) groups is 2. The third-order valence-corrected chi connectivity index (χ3v) is 8.37. The number of esters is 1. The Labute approximate surface area is 211 Å². The summed E-state index contributed by atoms with van der Waals surface area (Å²) in [6, 6.07) is 16.5. The molecule has 2 aromatic carbocycles. The second kappa shape index (κ2) is 10.5. The van der Waals surface area contributed by atoms with Gasteiger partial charge in [0.1, 0.15) is 4.21 Å². The van der Waals surface area contributed by atoms with Crippen LogP contribution in [0.1, 0.15) is 10.4 Å². The predicted octanol–water partition coefficient (Wildman–Crippen LogP) is 5.23. The van der Waals surface area contributed by atoms with Gasteiger partial charge in [-0.2, -0.15) is 0 Å². The molecule has 0 aliphatic heterocycles. The Kier molecular flexibility index (Phi) is 7.41. The van der Waals surface area contributed by atoms with Crippen molar-refractivity contribution in [1.82, 2.24) is 4.98 Å². The van der Waals surface area contributed by atoms with Crippen LogP contribution in [0.2, 0.25) is 0 Å². The topological polar surface area (TPSA) is 114 Å². The molecule has 0 bridgehead atoms. The number of anilines is 2. The van der Waals surface area contributed by atoms with Crippen LogP contribution in [0.15, 0.2) is 80.1 Å². The second-order valence-electron chi connectivity index (χ2n) is 6.79. The van der Waals surface area contributed by atoms with Crippen LogP contribution < -0.4 is 10.0 Å². The first-order chi connectivity index (χ1) is 16.3. The first-order valence-corrected chi connectivity index (χ1v) is 13.7. The van der Waals surface area contributed by atoms with Crippen LogP contribution in [0.3, 0.4) is 0 Å². The van der Waals surface area contributed by atoms with Crippen LogP contribution in [0, 0.1) is 0 Å². The number of aromatic nitrogens is 1. The fourth-order valence-electron chi connectivity index (χ4n) is 2.78. The number of hydrogen-bond donors (Lipinski definition) is 2. The molecule has 0 aliphatic rings. The minimum absolute atomic E-state index is 0.179. The number of sulfonamides is 1. The van der Waals surface area contributed by atoms with E-state index in [1.54, 1.807) is 11.4 Å². The summed E-state index contributed by atoms with van der Waals surface area (Å²) in [5.74, 6) is -1.24. The summed E-state index contributed by atoms with van der Waals surface area (Å²) in [7, 11) is -3.68. The van der Waals surface area contributed by atoms with E-state index in [0.29, 0.717) is 16.5 Å². The molecule has 2 N–H and O–H groups in total. The molecule has 2 aromatic heterocycles. The minimum Gasteiger partial charge on any atom is -0.452 e. The Morgan fingerprint density at radius 3 is 2.53 bits per heavy atom. The second-order valence-corrected chi connectivity index (χ2v) is 11.4. The molecule has 0 spiro atoms. The van der Waals surface area contributed by atoms with Crippen molar-refractivity contribution in [3.05, 3.63) is 81.5 Å². The zero-order valence-corrected chi connectivity index (χ0v) is 21.3. The lowest BCUT2D eigenvalue weighted by Gasteiger charge is -2.08. The lowest BCUT2D eigenvalue weighted by atomic mass is 10.2. The Bertz CT molecular complexity index is 1420. The molecule has 34 heavy (non-hydrogen) atoms. The van der Waals surface area contributed by atoms with Gasteiger partial charge in [-0.25, -0.2) is 18.2 Å². The third-order valence-electron chi connectivity index (χ3n) is 4.34. The van der Waals surface area contributed by atoms with Crippen LogP contribution in [-0.4, -0.2) is 31.9 Å². The zero-order valence-electron chi connectivity index (χ0n) is 17.2.